The number of nitrogens with one attached hydrogen (secondary N) is 1. The first-order chi connectivity index (χ1) is 8.47. The molecule has 1 heterocycles. The topological polar surface area (TPSA) is 42.0 Å². The molecular formula is C12H10BrFN2OS. The molecule has 0 aliphatic rings. The maximum absolute atomic E-state index is 13.3. The van der Waals surface area contributed by atoms with Crippen molar-refractivity contribution in [3.8, 4) is 0 Å². The Balaban J connectivity index is 2.19. The number of amides is 1. The van der Waals surface area contributed by atoms with E-state index in [1.165, 1.54) is 23.5 Å². The van der Waals surface area contributed by atoms with Gasteiger partial charge in [0.1, 0.15) is 5.82 Å². The van der Waals surface area contributed by atoms with Gasteiger partial charge in [-0.15, -0.1) is 11.3 Å². The minimum atomic E-state index is -0.464. The van der Waals surface area contributed by atoms with Crippen LogP contribution in [0.25, 0.3) is 0 Å². The Labute approximate surface area is 116 Å². The van der Waals surface area contributed by atoms with Crippen molar-refractivity contribution < 1.29 is 9.18 Å². The molecule has 1 aromatic carbocycles. The average molecular weight is 329 g/mol. The summed E-state index contributed by atoms with van der Waals surface area (Å²) in [4.78, 5) is 17.1. The second kappa shape index (κ2) is 5.16. The molecule has 0 radical (unpaired) electrons. The highest BCUT2D eigenvalue weighted by Gasteiger charge is 2.11. The minimum Gasteiger partial charge on any atom is -0.298 e. The summed E-state index contributed by atoms with van der Waals surface area (Å²) in [5.41, 5.74) is 1.15. The summed E-state index contributed by atoms with van der Waals surface area (Å²) >= 11 is 4.44. The number of hydrogen-bond donors (Lipinski definition) is 1. The number of carbonyl (C=O) groups is 1. The zero-order valence-corrected chi connectivity index (χ0v) is 12.2. The molecule has 3 nitrogen and oxygen atoms in total. The van der Waals surface area contributed by atoms with Crippen molar-refractivity contribution in [2.45, 2.75) is 13.8 Å². The number of benzene rings is 1. The van der Waals surface area contributed by atoms with Crippen molar-refractivity contribution in [3.05, 3.63) is 44.6 Å². The van der Waals surface area contributed by atoms with E-state index in [0.29, 0.717) is 9.60 Å². The van der Waals surface area contributed by atoms with Crippen LogP contribution in [0.2, 0.25) is 0 Å². The number of rotatable bonds is 2. The van der Waals surface area contributed by atoms with Crippen LogP contribution < -0.4 is 5.32 Å². The molecule has 0 aliphatic heterocycles. The molecule has 0 atom stereocenters. The van der Waals surface area contributed by atoms with Crippen molar-refractivity contribution in [1.29, 1.82) is 0 Å². The predicted octanol–water partition coefficient (Wildman–Crippen LogP) is 3.91. The molecule has 1 aromatic heterocycles. The summed E-state index contributed by atoms with van der Waals surface area (Å²) in [7, 11) is 0. The van der Waals surface area contributed by atoms with Gasteiger partial charge in [-0.2, -0.15) is 0 Å². The second-order valence-electron chi connectivity index (χ2n) is 3.74. The predicted molar refractivity (Wildman–Crippen MR) is 73.6 cm³/mol. The SMILES string of the molecule is Cc1nc(NC(=O)c2ccc(Br)c(F)c2)sc1C. The van der Waals surface area contributed by atoms with E-state index in [9.17, 15) is 9.18 Å². The van der Waals surface area contributed by atoms with Crippen molar-refractivity contribution in [1.82, 2.24) is 4.98 Å². The van der Waals surface area contributed by atoms with Crippen LogP contribution in [-0.2, 0) is 0 Å². The van der Waals surface area contributed by atoms with Gasteiger partial charge in [0.15, 0.2) is 5.13 Å². The third-order valence-electron chi connectivity index (χ3n) is 2.43. The summed E-state index contributed by atoms with van der Waals surface area (Å²) in [6, 6.07) is 4.24. The van der Waals surface area contributed by atoms with E-state index >= 15 is 0 Å². The smallest absolute Gasteiger partial charge is 0.257 e. The average Bonchev–Trinajstić information content (AvgIpc) is 2.61. The molecule has 2 aromatic rings. The van der Waals surface area contributed by atoms with Crippen LogP contribution in [0, 0.1) is 19.7 Å². The Morgan fingerprint density at radius 3 is 2.72 bits per heavy atom. The van der Waals surface area contributed by atoms with Crippen LogP contribution in [-0.4, -0.2) is 10.9 Å². The van der Waals surface area contributed by atoms with Gasteiger partial charge in [-0.25, -0.2) is 9.37 Å². The molecule has 0 bridgehead atoms. The van der Waals surface area contributed by atoms with E-state index < -0.39 is 5.82 Å². The number of hydrogen-bond acceptors (Lipinski definition) is 3. The number of thiazole rings is 1. The largest absolute Gasteiger partial charge is 0.298 e. The van der Waals surface area contributed by atoms with Crippen LogP contribution in [0.3, 0.4) is 0 Å². The number of aromatic nitrogens is 1. The summed E-state index contributed by atoms with van der Waals surface area (Å²) in [6.45, 7) is 3.81. The third kappa shape index (κ3) is 2.76. The Morgan fingerprint density at radius 1 is 1.44 bits per heavy atom. The minimum absolute atomic E-state index is 0.265. The zero-order chi connectivity index (χ0) is 13.3. The fraction of sp³-hybridized carbons (Fsp3) is 0.167. The highest BCUT2D eigenvalue weighted by Crippen LogP contribution is 2.22. The highest BCUT2D eigenvalue weighted by molar-refractivity contribution is 9.10. The first-order valence-electron chi connectivity index (χ1n) is 5.18. The quantitative estimate of drug-likeness (QED) is 0.907. The lowest BCUT2D eigenvalue weighted by Crippen LogP contribution is -2.11. The molecule has 0 saturated carbocycles. The number of halogens is 2. The lowest BCUT2D eigenvalue weighted by Gasteiger charge is -2.02. The lowest BCUT2D eigenvalue weighted by atomic mass is 10.2. The third-order valence-corrected chi connectivity index (χ3v) is 4.06. The van der Waals surface area contributed by atoms with Crippen molar-refractivity contribution in [3.63, 3.8) is 0 Å². The maximum atomic E-state index is 13.3. The first-order valence-corrected chi connectivity index (χ1v) is 6.79. The van der Waals surface area contributed by atoms with Gasteiger partial charge < -0.3 is 0 Å². The molecular weight excluding hydrogens is 319 g/mol. The first kappa shape index (κ1) is 13.2. The molecule has 0 spiro atoms. The van der Waals surface area contributed by atoms with E-state index in [1.807, 2.05) is 13.8 Å². The summed E-state index contributed by atoms with van der Waals surface area (Å²) in [6.07, 6.45) is 0. The van der Waals surface area contributed by atoms with Crippen LogP contribution >= 0.6 is 27.3 Å². The van der Waals surface area contributed by atoms with Gasteiger partial charge in [0.2, 0.25) is 0 Å². The molecule has 6 heteroatoms. The standard InChI is InChI=1S/C12H10BrFN2OS/c1-6-7(2)18-12(15-6)16-11(17)8-3-4-9(13)10(14)5-8/h3-5H,1-2H3,(H,15,16,17). The van der Waals surface area contributed by atoms with Gasteiger partial charge >= 0.3 is 0 Å². The van der Waals surface area contributed by atoms with Gasteiger partial charge in [-0.3, -0.25) is 10.1 Å². The fourth-order valence-electron chi connectivity index (χ4n) is 1.33. The number of carbonyl (C=O) groups excluding carboxylic acids is 1. The van der Waals surface area contributed by atoms with E-state index in [4.69, 9.17) is 0 Å². The zero-order valence-electron chi connectivity index (χ0n) is 9.75. The van der Waals surface area contributed by atoms with Crippen molar-refractivity contribution >= 4 is 38.3 Å². The maximum Gasteiger partial charge on any atom is 0.257 e. The molecule has 1 N–H and O–H groups in total. The van der Waals surface area contributed by atoms with Crippen molar-refractivity contribution in [2.24, 2.45) is 0 Å². The Bertz CT molecular complexity index is 593. The van der Waals surface area contributed by atoms with Gasteiger partial charge in [0, 0.05) is 10.4 Å². The molecule has 0 saturated heterocycles. The number of anilines is 1. The summed E-state index contributed by atoms with van der Waals surface area (Å²) in [5, 5.41) is 3.18. The molecule has 0 aliphatic carbocycles. The van der Waals surface area contributed by atoms with Crippen LogP contribution in [0.4, 0.5) is 9.52 Å². The van der Waals surface area contributed by atoms with Crippen LogP contribution in [0.15, 0.2) is 22.7 Å². The monoisotopic (exact) mass is 328 g/mol. The number of nitrogens with zero attached hydrogens (tertiary/aromatic N) is 1. The normalized spacial score (nSPS) is 10.4. The van der Waals surface area contributed by atoms with E-state index in [1.54, 1.807) is 6.07 Å². The van der Waals surface area contributed by atoms with Crippen LogP contribution in [0.1, 0.15) is 20.9 Å². The van der Waals surface area contributed by atoms with E-state index in [0.717, 1.165) is 10.6 Å². The molecule has 2 rings (SSSR count). The van der Waals surface area contributed by atoms with Gasteiger partial charge in [0.05, 0.1) is 10.2 Å². The summed E-state index contributed by atoms with van der Waals surface area (Å²) < 4.78 is 13.6. The van der Waals surface area contributed by atoms with E-state index in [2.05, 4.69) is 26.2 Å². The summed E-state index contributed by atoms with van der Waals surface area (Å²) in [5.74, 6) is -0.829. The Morgan fingerprint density at radius 2 is 2.17 bits per heavy atom. The molecule has 94 valence electrons. The van der Waals surface area contributed by atoms with E-state index in [-0.39, 0.29) is 11.5 Å². The van der Waals surface area contributed by atoms with Crippen LogP contribution in [0.5, 0.6) is 0 Å². The van der Waals surface area contributed by atoms with Gasteiger partial charge in [0.25, 0.3) is 5.91 Å². The molecule has 0 fully saturated rings. The molecule has 1 amide bonds. The fourth-order valence-corrected chi connectivity index (χ4v) is 2.39. The second-order valence-corrected chi connectivity index (χ2v) is 5.80. The Kier molecular flexibility index (Phi) is 3.77. The molecule has 0 unspecified atom stereocenters. The van der Waals surface area contributed by atoms with Gasteiger partial charge in [-0.1, -0.05) is 0 Å². The highest BCUT2D eigenvalue weighted by atomic mass is 79.9. The van der Waals surface area contributed by atoms with Crippen molar-refractivity contribution in [2.75, 3.05) is 5.32 Å². The Hall–Kier alpha value is -1.27. The van der Waals surface area contributed by atoms with Gasteiger partial charge in [-0.05, 0) is 48.0 Å². The number of aryl methyl sites for hydroxylation is 2. The lowest BCUT2D eigenvalue weighted by molar-refractivity contribution is 0.102. The molecule has 18 heavy (non-hydrogen) atoms.